The molecule has 0 amide bonds. The van der Waals surface area contributed by atoms with Gasteiger partial charge >= 0.3 is 0 Å². The van der Waals surface area contributed by atoms with Crippen LogP contribution in [0.3, 0.4) is 0 Å². The molecular weight excluding hydrogens is 296 g/mol. The number of benzene rings is 2. The molecule has 0 atom stereocenters. The van der Waals surface area contributed by atoms with Crippen LogP contribution >= 0.6 is 0 Å². The molecule has 0 saturated heterocycles. The summed E-state index contributed by atoms with van der Waals surface area (Å²) in [5.74, 6) is 1.75. The van der Waals surface area contributed by atoms with Crippen LogP contribution < -0.4 is 5.32 Å². The van der Waals surface area contributed by atoms with Gasteiger partial charge in [0.1, 0.15) is 5.82 Å². The monoisotopic (exact) mass is 310 g/mol. The fourth-order valence-electron chi connectivity index (χ4n) is 3.19. The first-order valence-electron chi connectivity index (χ1n) is 7.87. The van der Waals surface area contributed by atoms with E-state index in [1.807, 2.05) is 42.6 Å². The minimum atomic E-state index is 0.832. The van der Waals surface area contributed by atoms with Crippen molar-refractivity contribution >= 4 is 11.5 Å². The molecule has 0 aliphatic carbocycles. The van der Waals surface area contributed by atoms with Crippen molar-refractivity contribution in [1.82, 2.24) is 14.5 Å². The Morgan fingerprint density at radius 2 is 1.62 bits per heavy atom. The lowest BCUT2D eigenvalue weighted by Gasteiger charge is -2.12. The van der Waals surface area contributed by atoms with E-state index in [4.69, 9.17) is 4.98 Å². The summed E-state index contributed by atoms with van der Waals surface area (Å²) in [5, 5.41) is 3.44. The highest BCUT2D eigenvalue weighted by Gasteiger charge is 2.23. The van der Waals surface area contributed by atoms with Crippen molar-refractivity contribution < 1.29 is 0 Å². The lowest BCUT2D eigenvalue weighted by atomic mass is 10.1. The van der Waals surface area contributed by atoms with E-state index in [1.54, 1.807) is 6.20 Å². The number of fused-ring (bicyclic) bond motifs is 5. The van der Waals surface area contributed by atoms with Crippen molar-refractivity contribution in [3.05, 3.63) is 79.1 Å². The average Bonchev–Trinajstić information content (AvgIpc) is 3.02. The summed E-state index contributed by atoms with van der Waals surface area (Å²) in [6.07, 6.45) is 3.74. The average molecular weight is 310 g/mol. The van der Waals surface area contributed by atoms with Gasteiger partial charge in [0.25, 0.3) is 0 Å². The Morgan fingerprint density at radius 3 is 2.54 bits per heavy atom. The van der Waals surface area contributed by atoms with Crippen LogP contribution in [0, 0.1) is 0 Å². The van der Waals surface area contributed by atoms with Crippen molar-refractivity contribution in [2.24, 2.45) is 0 Å². The molecule has 1 N–H and O–H groups in total. The second-order valence-electron chi connectivity index (χ2n) is 5.71. The standard InChI is InChI=1S/C20H14N4/c1-2-7-14(8-3-1)18-13-22-20-15-9-4-5-10-16(15)23-19-17(24(18)20)11-6-12-21-19/h1-13H,(H,21,23). The molecule has 4 aromatic rings. The zero-order valence-electron chi connectivity index (χ0n) is 12.8. The van der Waals surface area contributed by atoms with Gasteiger partial charge in [-0.15, -0.1) is 0 Å². The lowest BCUT2D eigenvalue weighted by molar-refractivity contribution is 1.07. The zero-order valence-corrected chi connectivity index (χ0v) is 12.8. The molecule has 0 radical (unpaired) electrons. The Kier molecular flexibility index (Phi) is 2.76. The van der Waals surface area contributed by atoms with Crippen molar-refractivity contribution in [3.63, 3.8) is 0 Å². The number of hydrogen-bond acceptors (Lipinski definition) is 3. The van der Waals surface area contributed by atoms with Crippen LogP contribution in [-0.2, 0) is 0 Å². The largest absolute Gasteiger partial charge is 0.338 e. The van der Waals surface area contributed by atoms with E-state index >= 15 is 0 Å². The molecule has 1 aliphatic heterocycles. The number of nitrogens with zero attached hydrogens (tertiary/aromatic N) is 3. The van der Waals surface area contributed by atoms with E-state index in [0.29, 0.717) is 0 Å². The number of para-hydroxylation sites is 1. The van der Waals surface area contributed by atoms with Crippen molar-refractivity contribution in [3.8, 4) is 28.3 Å². The molecule has 2 aromatic carbocycles. The van der Waals surface area contributed by atoms with Crippen molar-refractivity contribution in [2.45, 2.75) is 0 Å². The maximum absolute atomic E-state index is 4.73. The fraction of sp³-hybridized carbons (Fsp3) is 0. The lowest BCUT2D eigenvalue weighted by Crippen LogP contribution is -2.01. The molecule has 0 saturated carbocycles. The van der Waals surface area contributed by atoms with Gasteiger partial charge < -0.3 is 5.32 Å². The van der Waals surface area contributed by atoms with Crippen LogP contribution in [0.25, 0.3) is 28.3 Å². The Morgan fingerprint density at radius 1 is 0.792 bits per heavy atom. The first kappa shape index (κ1) is 13.1. The van der Waals surface area contributed by atoms with E-state index < -0.39 is 0 Å². The number of nitrogens with one attached hydrogen (secondary N) is 1. The predicted octanol–water partition coefficient (Wildman–Crippen LogP) is 4.66. The first-order chi connectivity index (χ1) is 11.9. The van der Waals surface area contributed by atoms with Crippen molar-refractivity contribution in [2.75, 3.05) is 5.32 Å². The summed E-state index contributed by atoms with van der Waals surface area (Å²) in [6.45, 7) is 0. The SMILES string of the molecule is c1ccc(-c2cnc3n2-c2cccnc2Nc2ccccc2-3)cc1. The number of aromatic nitrogens is 3. The van der Waals surface area contributed by atoms with Gasteiger partial charge in [-0.25, -0.2) is 9.97 Å². The van der Waals surface area contributed by atoms with Crippen LogP contribution in [0.15, 0.2) is 79.1 Å². The number of anilines is 2. The number of rotatable bonds is 1. The van der Waals surface area contributed by atoms with Crippen molar-refractivity contribution in [1.29, 1.82) is 0 Å². The van der Waals surface area contributed by atoms with Crippen LogP contribution in [0.5, 0.6) is 0 Å². The molecule has 0 bridgehead atoms. The maximum atomic E-state index is 4.73. The first-order valence-corrected chi connectivity index (χ1v) is 7.87. The van der Waals surface area contributed by atoms with Gasteiger partial charge in [0.15, 0.2) is 5.82 Å². The summed E-state index contributed by atoms with van der Waals surface area (Å²) < 4.78 is 2.18. The highest BCUT2D eigenvalue weighted by Crippen LogP contribution is 2.39. The zero-order chi connectivity index (χ0) is 15.9. The Hall–Kier alpha value is -3.40. The van der Waals surface area contributed by atoms with Crippen LogP contribution in [0.1, 0.15) is 0 Å². The topological polar surface area (TPSA) is 42.7 Å². The molecule has 114 valence electrons. The van der Waals surface area contributed by atoms with Gasteiger partial charge in [-0.3, -0.25) is 4.57 Å². The maximum Gasteiger partial charge on any atom is 0.154 e. The van der Waals surface area contributed by atoms with E-state index in [2.05, 4.69) is 45.2 Å². The van der Waals surface area contributed by atoms with E-state index in [9.17, 15) is 0 Å². The third-order valence-corrected chi connectivity index (χ3v) is 4.28. The third kappa shape index (κ3) is 1.86. The van der Waals surface area contributed by atoms with Gasteiger partial charge in [-0.05, 0) is 24.3 Å². The molecule has 24 heavy (non-hydrogen) atoms. The molecule has 5 rings (SSSR count). The second-order valence-corrected chi connectivity index (χ2v) is 5.71. The van der Waals surface area contributed by atoms with Gasteiger partial charge in [0.2, 0.25) is 0 Å². The van der Waals surface area contributed by atoms with Gasteiger partial charge in [0, 0.05) is 17.3 Å². The highest BCUT2D eigenvalue weighted by molar-refractivity contribution is 5.85. The summed E-state index contributed by atoms with van der Waals surface area (Å²) in [4.78, 5) is 9.26. The van der Waals surface area contributed by atoms with Gasteiger partial charge in [0.05, 0.1) is 23.3 Å². The molecule has 2 aromatic heterocycles. The fourth-order valence-corrected chi connectivity index (χ4v) is 3.19. The normalized spacial score (nSPS) is 11.7. The van der Waals surface area contributed by atoms with Crippen LogP contribution in [-0.4, -0.2) is 14.5 Å². The quantitative estimate of drug-likeness (QED) is 0.490. The number of hydrogen-bond donors (Lipinski definition) is 1. The van der Waals surface area contributed by atoms with Gasteiger partial charge in [-0.1, -0.05) is 42.5 Å². The molecule has 4 nitrogen and oxygen atoms in total. The van der Waals surface area contributed by atoms with E-state index in [0.717, 1.165) is 39.8 Å². The number of pyridine rings is 1. The molecule has 3 heterocycles. The summed E-state index contributed by atoms with van der Waals surface area (Å²) >= 11 is 0. The minimum absolute atomic E-state index is 0.832. The van der Waals surface area contributed by atoms with E-state index in [-0.39, 0.29) is 0 Å². The van der Waals surface area contributed by atoms with E-state index in [1.165, 1.54) is 0 Å². The molecule has 1 aliphatic rings. The third-order valence-electron chi connectivity index (χ3n) is 4.28. The summed E-state index contributed by atoms with van der Waals surface area (Å²) in [7, 11) is 0. The Labute approximate surface area is 139 Å². The molecule has 4 heteroatoms. The van der Waals surface area contributed by atoms with Crippen LogP contribution in [0.4, 0.5) is 11.5 Å². The Bertz CT molecular complexity index is 1030. The summed E-state index contributed by atoms with van der Waals surface area (Å²) in [6, 6.07) is 22.5. The second kappa shape index (κ2) is 5.06. The number of imidazole rings is 1. The predicted molar refractivity (Wildman–Crippen MR) is 95.5 cm³/mol. The molecular formula is C20H14N4. The highest BCUT2D eigenvalue weighted by atomic mass is 15.2. The summed E-state index contributed by atoms with van der Waals surface area (Å²) in [5.41, 5.74) is 5.27. The van der Waals surface area contributed by atoms with Crippen LogP contribution in [0.2, 0.25) is 0 Å². The van der Waals surface area contributed by atoms with Gasteiger partial charge in [-0.2, -0.15) is 0 Å². The molecule has 0 unspecified atom stereocenters. The molecule has 0 fully saturated rings. The Balaban J connectivity index is 1.88. The minimum Gasteiger partial charge on any atom is -0.338 e. The smallest absolute Gasteiger partial charge is 0.154 e. The molecule has 0 spiro atoms.